The number of nitrogens with one attached hydrogen (secondary N) is 1. The van der Waals surface area contributed by atoms with E-state index in [1.54, 1.807) is 13.0 Å². The summed E-state index contributed by atoms with van der Waals surface area (Å²) in [4.78, 5) is 21.7. The molecule has 2 rings (SSSR count). The molecule has 1 aromatic rings. The van der Waals surface area contributed by atoms with Crippen LogP contribution in [0.1, 0.15) is 19.8 Å². The molecule has 6 nitrogen and oxygen atoms in total. The summed E-state index contributed by atoms with van der Waals surface area (Å²) in [5.41, 5.74) is 5.49. The van der Waals surface area contributed by atoms with Crippen molar-refractivity contribution < 1.29 is 4.79 Å². The number of hydrogen-bond donors (Lipinski definition) is 2. The molecule has 1 fully saturated rings. The maximum atomic E-state index is 12.1. The number of carbonyl (C=O) groups is 1. The molecule has 0 spiro atoms. The average molecular weight is 270 g/mol. The number of amides is 1. The predicted octanol–water partition coefficient (Wildman–Crippen LogP) is 1.14. The van der Waals surface area contributed by atoms with E-state index in [0.717, 1.165) is 25.9 Å². The zero-order chi connectivity index (χ0) is 13.1. The molecule has 1 atom stereocenters. The van der Waals surface area contributed by atoms with Crippen molar-refractivity contribution >= 4 is 29.3 Å². The Hall–Kier alpha value is -1.56. The summed E-state index contributed by atoms with van der Waals surface area (Å²) in [5.74, 6) is 0.624. The molecule has 0 aromatic carbocycles. The van der Waals surface area contributed by atoms with Gasteiger partial charge in [0.15, 0.2) is 0 Å². The van der Waals surface area contributed by atoms with Gasteiger partial charge in [0.1, 0.15) is 17.0 Å². The lowest BCUT2D eigenvalue weighted by atomic mass is 10.3. The van der Waals surface area contributed by atoms with Crippen LogP contribution in [0.25, 0.3) is 0 Å². The van der Waals surface area contributed by atoms with E-state index in [0.29, 0.717) is 5.82 Å². The number of likely N-dealkylation sites (tertiary alicyclic amines) is 1. The molecule has 2 heterocycles. The SMILES string of the molecule is CC(Nc1cc(Cl)nc(N)n1)C(=O)N1CCCC1. The number of hydrogen-bond acceptors (Lipinski definition) is 5. The minimum atomic E-state index is -0.353. The Morgan fingerprint density at radius 1 is 1.50 bits per heavy atom. The molecule has 1 aliphatic heterocycles. The summed E-state index contributed by atoms with van der Waals surface area (Å²) < 4.78 is 0. The third-order valence-electron chi connectivity index (χ3n) is 2.86. The Bertz CT molecular complexity index is 427. The Morgan fingerprint density at radius 2 is 2.17 bits per heavy atom. The van der Waals surface area contributed by atoms with E-state index in [9.17, 15) is 4.79 Å². The number of nitrogens with zero attached hydrogens (tertiary/aromatic N) is 3. The number of carbonyl (C=O) groups excluding carboxylic acids is 1. The van der Waals surface area contributed by atoms with Gasteiger partial charge in [-0.25, -0.2) is 4.98 Å². The monoisotopic (exact) mass is 269 g/mol. The van der Waals surface area contributed by atoms with Crippen molar-refractivity contribution in [2.75, 3.05) is 24.1 Å². The molecule has 7 heteroatoms. The molecule has 0 radical (unpaired) electrons. The predicted molar refractivity (Wildman–Crippen MR) is 70.4 cm³/mol. The maximum Gasteiger partial charge on any atom is 0.244 e. The van der Waals surface area contributed by atoms with Gasteiger partial charge in [-0.05, 0) is 19.8 Å². The third-order valence-corrected chi connectivity index (χ3v) is 3.06. The van der Waals surface area contributed by atoms with Crippen LogP contribution in [-0.2, 0) is 4.79 Å². The second-order valence-corrected chi connectivity index (χ2v) is 4.72. The van der Waals surface area contributed by atoms with Gasteiger partial charge < -0.3 is 16.0 Å². The Morgan fingerprint density at radius 3 is 2.78 bits per heavy atom. The fourth-order valence-corrected chi connectivity index (χ4v) is 2.19. The summed E-state index contributed by atoms with van der Waals surface area (Å²) in [6.45, 7) is 3.46. The van der Waals surface area contributed by atoms with Crippen molar-refractivity contribution in [1.82, 2.24) is 14.9 Å². The van der Waals surface area contributed by atoms with Crippen LogP contribution in [0, 0.1) is 0 Å². The van der Waals surface area contributed by atoms with Gasteiger partial charge in [-0.15, -0.1) is 0 Å². The van der Waals surface area contributed by atoms with E-state index in [2.05, 4.69) is 15.3 Å². The van der Waals surface area contributed by atoms with E-state index < -0.39 is 0 Å². The number of nitrogen functional groups attached to an aromatic ring is 1. The first-order valence-corrected chi connectivity index (χ1v) is 6.29. The first kappa shape index (κ1) is 12.9. The summed E-state index contributed by atoms with van der Waals surface area (Å²) >= 11 is 5.77. The molecule has 1 amide bonds. The van der Waals surface area contributed by atoms with Gasteiger partial charge in [0.25, 0.3) is 0 Å². The molecule has 1 saturated heterocycles. The number of anilines is 2. The van der Waals surface area contributed by atoms with Gasteiger partial charge in [-0.1, -0.05) is 11.6 Å². The number of nitrogens with two attached hydrogens (primary N) is 1. The first-order chi connectivity index (χ1) is 8.56. The van der Waals surface area contributed by atoms with Gasteiger partial charge in [0, 0.05) is 19.2 Å². The van der Waals surface area contributed by atoms with Crippen molar-refractivity contribution in [3.8, 4) is 0 Å². The zero-order valence-electron chi connectivity index (χ0n) is 10.2. The Kier molecular flexibility index (Phi) is 3.86. The van der Waals surface area contributed by atoms with E-state index in [1.807, 2.05) is 4.90 Å². The number of rotatable bonds is 3. The maximum absolute atomic E-state index is 12.1. The van der Waals surface area contributed by atoms with Crippen molar-refractivity contribution in [3.63, 3.8) is 0 Å². The van der Waals surface area contributed by atoms with Gasteiger partial charge >= 0.3 is 0 Å². The second-order valence-electron chi connectivity index (χ2n) is 4.33. The first-order valence-electron chi connectivity index (χ1n) is 5.91. The van der Waals surface area contributed by atoms with Gasteiger partial charge in [0.05, 0.1) is 0 Å². The van der Waals surface area contributed by atoms with Crippen molar-refractivity contribution in [3.05, 3.63) is 11.2 Å². The smallest absolute Gasteiger partial charge is 0.244 e. The van der Waals surface area contributed by atoms with Crippen LogP contribution in [0.2, 0.25) is 5.15 Å². The highest BCUT2D eigenvalue weighted by atomic mass is 35.5. The highest BCUT2D eigenvalue weighted by Gasteiger charge is 2.23. The summed E-state index contributed by atoms with van der Waals surface area (Å²) in [5, 5.41) is 3.25. The lowest BCUT2D eigenvalue weighted by molar-refractivity contribution is -0.130. The Labute approximate surface area is 111 Å². The molecule has 1 aromatic heterocycles. The lowest BCUT2D eigenvalue weighted by Crippen LogP contribution is -2.39. The third kappa shape index (κ3) is 3.01. The summed E-state index contributed by atoms with van der Waals surface area (Å²) in [6, 6.07) is 1.19. The average Bonchev–Trinajstić information content (AvgIpc) is 2.79. The fraction of sp³-hybridized carbons (Fsp3) is 0.545. The minimum absolute atomic E-state index is 0.0702. The zero-order valence-corrected chi connectivity index (χ0v) is 10.9. The minimum Gasteiger partial charge on any atom is -0.368 e. The number of aromatic nitrogens is 2. The quantitative estimate of drug-likeness (QED) is 0.804. The van der Waals surface area contributed by atoms with Crippen molar-refractivity contribution in [2.45, 2.75) is 25.8 Å². The van der Waals surface area contributed by atoms with Gasteiger partial charge in [-0.2, -0.15) is 4.98 Å². The van der Waals surface area contributed by atoms with E-state index in [-0.39, 0.29) is 23.1 Å². The highest BCUT2D eigenvalue weighted by Crippen LogP contribution is 2.15. The largest absolute Gasteiger partial charge is 0.368 e. The van der Waals surface area contributed by atoms with Crippen LogP contribution in [0.3, 0.4) is 0 Å². The molecule has 0 aliphatic carbocycles. The highest BCUT2D eigenvalue weighted by molar-refractivity contribution is 6.29. The molecular weight excluding hydrogens is 254 g/mol. The molecule has 1 aliphatic rings. The molecule has 1 unspecified atom stereocenters. The summed E-state index contributed by atoms with van der Waals surface area (Å²) in [7, 11) is 0. The Balaban J connectivity index is 2.01. The van der Waals surface area contributed by atoms with E-state index >= 15 is 0 Å². The fourth-order valence-electron chi connectivity index (χ4n) is 2.00. The summed E-state index contributed by atoms with van der Waals surface area (Å²) in [6.07, 6.45) is 2.15. The van der Waals surface area contributed by atoms with Crippen LogP contribution in [0.4, 0.5) is 11.8 Å². The molecule has 18 heavy (non-hydrogen) atoms. The molecule has 98 valence electrons. The van der Waals surface area contributed by atoms with E-state index in [4.69, 9.17) is 17.3 Å². The van der Waals surface area contributed by atoms with Crippen molar-refractivity contribution in [2.24, 2.45) is 0 Å². The van der Waals surface area contributed by atoms with Crippen LogP contribution < -0.4 is 11.1 Å². The second kappa shape index (κ2) is 5.39. The van der Waals surface area contributed by atoms with Crippen molar-refractivity contribution in [1.29, 1.82) is 0 Å². The molecule has 3 N–H and O–H groups in total. The normalized spacial score (nSPS) is 16.7. The molecule has 0 saturated carbocycles. The van der Waals surface area contributed by atoms with Crippen LogP contribution in [-0.4, -0.2) is 39.9 Å². The topological polar surface area (TPSA) is 84.1 Å². The van der Waals surface area contributed by atoms with Crippen LogP contribution >= 0.6 is 11.6 Å². The number of halogens is 1. The standard InChI is InChI=1S/C11H16ClN5O/c1-7(10(18)17-4-2-3-5-17)14-9-6-8(12)15-11(13)16-9/h6-7H,2-5H2,1H3,(H3,13,14,15,16). The lowest BCUT2D eigenvalue weighted by Gasteiger charge is -2.21. The molecule has 0 bridgehead atoms. The van der Waals surface area contributed by atoms with Crippen LogP contribution in [0.5, 0.6) is 0 Å². The van der Waals surface area contributed by atoms with Crippen LogP contribution in [0.15, 0.2) is 6.07 Å². The molecular formula is C11H16ClN5O. The van der Waals surface area contributed by atoms with E-state index in [1.165, 1.54) is 0 Å². The van der Waals surface area contributed by atoms with Gasteiger partial charge in [-0.3, -0.25) is 4.79 Å². The van der Waals surface area contributed by atoms with Gasteiger partial charge in [0.2, 0.25) is 11.9 Å².